The summed E-state index contributed by atoms with van der Waals surface area (Å²) in [5.74, 6) is -1.36. The average molecular weight is 466 g/mol. The number of hydrogen-bond donors (Lipinski definition) is 1. The summed E-state index contributed by atoms with van der Waals surface area (Å²) in [6.07, 6.45) is 3.14. The van der Waals surface area contributed by atoms with E-state index in [0.717, 1.165) is 14.8 Å². The van der Waals surface area contributed by atoms with Gasteiger partial charge in [0, 0.05) is 29.5 Å². The van der Waals surface area contributed by atoms with Crippen LogP contribution >= 0.6 is 11.6 Å². The average Bonchev–Trinajstić information content (AvgIpc) is 2.83. The van der Waals surface area contributed by atoms with Crippen molar-refractivity contribution in [1.29, 1.82) is 0 Å². The predicted molar refractivity (Wildman–Crippen MR) is 120 cm³/mol. The molecule has 33 heavy (non-hydrogen) atoms. The van der Waals surface area contributed by atoms with Crippen molar-refractivity contribution < 1.29 is 9.18 Å². The summed E-state index contributed by atoms with van der Waals surface area (Å²) < 4.78 is 15.9. The lowest BCUT2D eigenvalue weighted by atomic mass is 10.2. The van der Waals surface area contributed by atoms with E-state index in [9.17, 15) is 18.8 Å². The van der Waals surface area contributed by atoms with E-state index in [4.69, 9.17) is 11.6 Å². The summed E-state index contributed by atoms with van der Waals surface area (Å²) in [6, 6.07) is 15.3. The van der Waals surface area contributed by atoms with Gasteiger partial charge < -0.3 is 5.32 Å². The number of benzene rings is 2. The molecular formula is C23H17ClFN5O3. The number of halogens is 2. The van der Waals surface area contributed by atoms with Gasteiger partial charge in [-0.3, -0.25) is 19.1 Å². The van der Waals surface area contributed by atoms with Crippen molar-refractivity contribution in [2.45, 2.75) is 13.1 Å². The zero-order valence-electron chi connectivity index (χ0n) is 17.1. The van der Waals surface area contributed by atoms with Gasteiger partial charge in [-0.05, 0) is 48.0 Å². The molecule has 2 aromatic carbocycles. The molecule has 0 radical (unpaired) electrons. The first-order valence-corrected chi connectivity index (χ1v) is 10.2. The van der Waals surface area contributed by atoms with Crippen LogP contribution in [0.4, 0.5) is 4.39 Å². The van der Waals surface area contributed by atoms with Gasteiger partial charge >= 0.3 is 5.69 Å². The Bertz CT molecular complexity index is 1420. The second kappa shape index (κ2) is 9.58. The molecule has 0 spiro atoms. The largest absolute Gasteiger partial charge is 0.352 e. The molecule has 4 aromatic rings. The summed E-state index contributed by atoms with van der Waals surface area (Å²) in [6.45, 7) is -0.249. The van der Waals surface area contributed by atoms with Crippen molar-refractivity contribution in [3.63, 3.8) is 0 Å². The molecule has 0 aliphatic heterocycles. The number of aromatic nitrogens is 4. The Morgan fingerprint density at radius 2 is 1.70 bits per heavy atom. The Hall–Kier alpha value is -4.11. The molecule has 1 N–H and O–H groups in total. The number of nitrogens with one attached hydrogen (secondary N) is 1. The van der Waals surface area contributed by atoms with Crippen LogP contribution in [0.25, 0.3) is 5.69 Å². The maximum Gasteiger partial charge on any atom is 0.352 e. The minimum Gasteiger partial charge on any atom is -0.346 e. The first kappa shape index (κ1) is 22.1. The first-order valence-electron chi connectivity index (χ1n) is 9.84. The number of amides is 1. The lowest BCUT2D eigenvalue weighted by molar-refractivity contribution is 0.0941. The molecule has 0 aliphatic carbocycles. The zero-order valence-corrected chi connectivity index (χ0v) is 17.9. The van der Waals surface area contributed by atoms with E-state index in [-0.39, 0.29) is 24.3 Å². The van der Waals surface area contributed by atoms with Gasteiger partial charge in [0.15, 0.2) is 0 Å². The fraction of sp³-hybridized carbons (Fsp3) is 0.0870. The van der Waals surface area contributed by atoms with Crippen molar-refractivity contribution in [2.75, 3.05) is 0 Å². The molecule has 10 heteroatoms. The molecule has 0 atom stereocenters. The minimum absolute atomic E-state index is 0.119. The molecule has 0 unspecified atom stereocenters. The second-order valence-corrected chi connectivity index (χ2v) is 7.48. The summed E-state index contributed by atoms with van der Waals surface area (Å²) in [5, 5.41) is 7.06. The van der Waals surface area contributed by atoms with Crippen LogP contribution in [-0.4, -0.2) is 25.2 Å². The lowest BCUT2D eigenvalue weighted by Gasteiger charge is -2.13. The Morgan fingerprint density at radius 3 is 2.39 bits per heavy atom. The van der Waals surface area contributed by atoms with Gasteiger partial charge in [0.05, 0.1) is 12.2 Å². The Kier molecular flexibility index (Phi) is 6.41. The molecule has 0 fully saturated rings. The maximum absolute atomic E-state index is 14.2. The number of hydrogen-bond acceptors (Lipinski definition) is 5. The SMILES string of the molecule is O=C(NCc1ccncc1)c1nn(-c2ccc(Cl)cc2)c(=O)n(Cc2ccccc2F)c1=O. The molecule has 2 aromatic heterocycles. The normalized spacial score (nSPS) is 10.7. The second-order valence-electron chi connectivity index (χ2n) is 7.04. The van der Waals surface area contributed by atoms with Gasteiger partial charge in [-0.1, -0.05) is 29.8 Å². The third-order valence-electron chi connectivity index (χ3n) is 4.83. The smallest absolute Gasteiger partial charge is 0.346 e. The number of pyridine rings is 1. The van der Waals surface area contributed by atoms with Gasteiger partial charge in [-0.2, -0.15) is 9.78 Å². The van der Waals surface area contributed by atoms with E-state index >= 15 is 0 Å². The molecule has 1 amide bonds. The van der Waals surface area contributed by atoms with Crippen LogP contribution in [-0.2, 0) is 13.1 Å². The van der Waals surface area contributed by atoms with Crippen LogP contribution < -0.4 is 16.6 Å². The Labute approximate surface area is 191 Å². The van der Waals surface area contributed by atoms with Gasteiger partial charge in [-0.25, -0.2) is 9.18 Å². The topological polar surface area (TPSA) is 98.9 Å². The fourth-order valence-electron chi connectivity index (χ4n) is 3.11. The van der Waals surface area contributed by atoms with E-state index in [1.165, 1.54) is 30.3 Å². The molecule has 0 saturated heterocycles. The summed E-state index contributed by atoms with van der Waals surface area (Å²) >= 11 is 5.93. The van der Waals surface area contributed by atoms with E-state index in [1.807, 2.05) is 0 Å². The maximum atomic E-state index is 14.2. The lowest BCUT2D eigenvalue weighted by Crippen LogP contribution is -2.46. The van der Waals surface area contributed by atoms with Crippen molar-refractivity contribution in [3.8, 4) is 5.69 Å². The standard InChI is InChI=1S/C23H17ClFN5O3/c24-17-5-7-18(8-6-17)30-23(33)29(14-16-3-1-2-4-19(16)25)22(32)20(28-30)21(31)27-13-15-9-11-26-12-10-15/h1-12H,13-14H2,(H,27,31). The highest BCUT2D eigenvalue weighted by Crippen LogP contribution is 2.12. The van der Waals surface area contributed by atoms with Crippen LogP contribution in [0.2, 0.25) is 5.02 Å². The van der Waals surface area contributed by atoms with E-state index in [1.54, 1.807) is 42.7 Å². The minimum atomic E-state index is -0.930. The highest BCUT2D eigenvalue weighted by molar-refractivity contribution is 6.30. The van der Waals surface area contributed by atoms with Crippen LogP contribution in [0.5, 0.6) is 0 Å². The molecule has 0 aliphatic rings. The monoisotopic (exact) mass is 465 g/mol. The molecule has 8 nitrogen and oxygen atoms in total. The highest BCUT2D eigenvalue weighted by atomic mass is 35.5. The summed E-state index contributed by atoms with van der Waals surface area (Å²) in [5.41, 5.74) is -1.09. The highest BCUT2D eigenvalue weighted by Gasteiger charge is 2.21. The number of carbonyl (C=O) groups is 1. The molecule has 166 valence electrons. The fourth-order valence-corrected chi connectivity index (χ4v) is 3.24. The molecular weight excluding hydrogens is 449 g/mol. The van der Waals surface area contributed by atoms with Gasteiger partial charge in [0.25, 0.3) is 11.5 Å². The van der Waals surface area contributed by atoms with E-state index in [0.29, 0.717) is 5.02 Å². The summed E-state index contributed by atoms with van der Waals surface area (Å²) in [7, 11) is 0. The van der Waals surface area contributed by atoms with E-state index < -0.39 is 28.7 Å². The predicted octanol–water partition coefficient (Wildman–Crippen LogP) is 2.56. The van der Waals surface area contributed by atoms with Crippen molar-refractivity contribution in [3.05, 3.63) is 122 Å². The van der Waals surface area contributed by atoms with Crippen molar-refractivity contribution >= 4 is 17.5 Å². The first-order chi connectivity index (χ1) is 15.9. The zero-order chi connectivity index (χ0) is 23.4. The molecule has 0 saturated carbocycles. The van der Waals surface area contributed by atoms with Crippen LogP contribution in [0, 0.1) is 5.82 Å². The number of carbonyl (C=O) groups excluding carboxylic acids is 1. The van der Waals surface area contributed by atoms with Crippen molar-refractivity contribution in [1.82, 2.24) is 24.6 Å². The molecule has 2 heterocycles. The number of rotatable bonds is 6. The molecule has 4 rings (SSSR count). The number of nitrogens with zero attached hydrogens (tertiary/aromatic N) is 4. The van der Waals surface area contributed by atoms with Crippen molar-refractivity contribution in [2.24, 2.45) is 0 Å². The molecule has 0 bridgehead atoms. The quantitative estimate of drug-likeness (QED) is 0.472. The van der Waals surface area contributed by atoms with Crippen LogP contribution in [0.15, 0.2) is 82.6 Å². The third-order valence-corrected chi connectivity index (χ3v) is 5.09. The Balaban J connectivity index is 1.79. The summed E-state index contributed by atoms with van der Waals surface area (Å²) in [4.78, 5) is 42.9. The third kappa shape index (κ3) is 4.88. The van der Waals surface area contributed by atoms with Gasteiger partial charge in [0.1, 0.15) is 5.82 Å². The van der Waals surface area contributed by atoms with Crippen LogP contribution in [0.3, 0.4) is 0 Å². The van der Waals surface area contributed by atoms with Gasteiger partial charge in [-0.15, -0.1) is 0 Å². The van der Waals surface area contributed by atoms with E-state index in [2.05, 4.69) is 15.4 Å². The van der Waals surface area contributed by atoms with Crippen LogP contribution in [0.1, 0.15) is 21.6 Å². The van der Waals surface area contributed by atoms with Gasteiger partial charge in [0.2, 0.25) is 5.69 Å². The Morgan fingerprint density at radius 1 is 1.00 bits per heavy atom.